The molecule has 0 radical (unpaired) electrons. The molecule has 3 nitrogen and oxygen atoms in total. The second-order valence-corrected chi connectivity index (χ2v) is 17.3. The summed E-state index contributed by atoms with van der Waals surface area (Å²) in [7, 11) is 0. The fourth-order valence-corrected chi connectivity index (χ4v) is 10.9. The number of para-hydroxylation sites is 3. The van der Waals surface area contributed by atoms with Crippen LogP contribution in [-0.4, -0.2) is 9.13 Å². The fraction of sp³-hybridized carbons (Fsp3) is 0.0159. The first kappa shape index (κ1) is 37.9. The smallest absolute Gasteiger partial charge is 0.0788 e. The van der Waals surface area contributed by atoms with Gasteiger partial charge in [0.15, 0.2) is 0 Å². The minimum Gasteiger partial charge on any atom is -0.315 e. The lowest BCUT2D eigenvalue weighted by molar-refractivity contribution is 0.768. The number of benzene rings is 10. The predicted molar refractivity (Wildman–Crippen MR) is 275 cm³/mol. The zero-order valence-electron chi connectivity index (χ0n) is 36.2. The summed E-state index contributed by atoms with van der Waals surface area (Å²) < 4.78 is 4.77. The van der Waals surface area contributed by atoms with Crippen molar-refractivity contribution in [3.8, 4) is 33.6 Å². The molecule has 12 aromatic rings. The van der Waals surface area contributed by atoms with Gasteiger partial charge in [0, 0.05) is 50.8 Å². The quantitative estimate of drug-likeness (QED) is 0.149. The topological polar surface area (TPSA) is 13.1 Å². The summed E-state index contributed by atoms with van der Waals surface area (Å²) in [6, 6.07) is 93.1. The van der Waals surface area contributed by atoms with Crippen LogP contribution >= 0.6 is 0 Å². The van der Waals surface area contributed by atoms with Gasteiger partial charge in [0.05, 0.1) is 22.0 Å². The molecule has 0 N–H and O–H groups in total. The zero-order chi connectivity index (χ0) is 43.6. The summed E-state index contributed by atoms with van der Waals surface area (Å²) in [6.07, 6.45) is 2.21. The van der Waals surface area contributed by atoms with Crippen LogP contribution in [0.1, 0.15) is 22.3 Å². The van der Waals surface area contributed by atoms with E-state index < -0.39 is 5.41 Å². The summed E-state index contributed by atoms with van der Waals surface area (Å²) in [6.45, 7) is 0. The molecule has 13 rings (SSSR count). The highest BCUT2D eigenvalue weighted by Crippen LogP contribution is 2.57. The predicted octanol–water partition coefficient (Wildman–Crippen LogP) is 16.2. The number of hydrogen-bond acceptors (Lipinski definition) is 1. The van der Waals surface area contributed by atoms with Crippen LogP contribution in [0.3, 0.4) is 0 Å². The summed E-state index contributed by atoms with van der Waals surface area (Å²) in [4.78, 5) is 2.39. The molecule has 0 amide bonds. The molecule has 10 aromatic carbocycles. The molecule has 310 valence electrons. The highest BCUT2D eigenvalue weighted by Gasteiger charge is 2.46. The Balaban J connectivity index is 0.896. The van der Waals surface area contributed by atoms with Gasteiger partial charge in [-0.05, 0) is 117 Å². The fourth-order valence-electron chi connectivity index (χ4n) is 10.9. The van der Waals surface area contributed by atoms with E-state index in [4.69, 9.17) is 0 Å². The standard InChI is InChI=1S/C63H43N3/c1-5-17-47(18-6-1)63(48-19-7-2-8-20-48)58-27-15-13-25-54(58)55-40-38-53(43-59(55)63)65(50-21-9-3-10-22-50)52-36-31-45(32-37-52)44-29-34-49(35-30-44)64-42-41-46-33-39-57-56-26-14-16-28-60(56)66(62(57)61(46)64)51-23-11-4-12-24-51/h1-43H. The number of aromatic nitrogens is 2. The van der Waals surface area contributed by atoms with Crippen LogP contribution in [0.15, 0.2) is 261 Å². The second-order valence-electron chi connectivity index (χ2n) is 17.3. The highest BCUT2D eigenvalue weighted by atomic mass is 15.1. The molecule has 0 atom stereocenters. The minimum atomic E-state index is -0.484. The lowest BCUT2D eigenvalue weighted by atomic mass is 9.67. The molecule has 1 aliphatic rings. The normalized spacial score (nSPS) is 12.7. The van der Waals surface area contributed by atoms with E-state index in [0.717, 1.165) is 28.4 Å². The Morgan fingerprint density at radius 1 is 0.348 bits per heavy atom. The van der Waals surface area contributed by atoms with E-state index in [1.807, 2.05) is 0 Å². The van der Waals surface area contributed by atoms with E-state index in [1.54, 1.807) is 0 Å². The Kier molecular flexibility index (Phi) is 8.75. The minimum absolute atomic E-state index is 0.484. The second kappa shape index (κ2) is 15.3. The third-order valence-electron chi connectivity index (χ3n) is 13.8. The third kappa shape index (κ3) is 5.77. The molecule has 0 unspecified atom stereocenters. The van der Waals surface area contributed by atoms with Gasteiger partial charge in [0.25, 0.3) is 0 Å². The lowest BCUT2D eigenvalue weighted by Crippen LogP contribution is -2.28. The van der Waals surface area contributed by atoms with Gasteiger partial charge >= 0.3 is 0 Å². The monoisotopic (exact) mass is 841 g/mol. The van der Waals surface area contributed by atoms with Crippen molar-refractivity contribution in [3.63, 3.8) is 0 Å². The molecule has 2 aromatic heterocycles. The van der Waals surface area contributed by atoms with Gasteiger partial charge in [-0.15, -0.1) is 0 Å². The lowest BCUT2D eigenvalue weighted by Gasteiger charge is -2.35. The number of fused-ring (bicyclic) bond motifs is 8. The molecule has 0 spiro atoms. The average molecular weight is 842 g/mol. The van der Waals surface area contributed by atoms with E-state index in [0.29, 0.717) is 0 Å². The van der Waals surface area contributed by atoms with E-state index >= 15 is 0 Å². The summed E-state index contributed by atoms with van der Waals surface area (Å²) in [5.41, 5.74) is 18.7. The maximum absolute atomic E-state index is 2.44. The van der Waals surface area contributed by atoms with Crippen molar-refractivity contribution in [3.05, 3.63) is 283 Å². The number of anilines is 3. The molecule has 0 fully saturated rings. The van der Waals surface area contributed by atoms with Crippen LogP contribution in [0.2, 0.25) is 0 Å². The van der Waals surface area contributed by atoms with Gasteiger partial charge in [-0.2, -0.15) is 0 Å². The van der Waals surface area contributed by atoms with Crippen LogP contribution in [0.25, 0.3) is 66.3 Å². The first-order chi connectivity index (χ1) is 32.8. The summed E-state index contributed by atoms with van der Waals surface area (Å²) in [5.74, 6) is 0. The van der Waals surface area contributed by atoms with Gasteiger partial charge in [0.1, 0.15) is 0 Å². The largest absolute Gasteiger partial charge is 0.315 e. The Morgan fingerprint density at radius 3 is 1.62 bits per heavy atom. The maximum Gasteiger partial charge on any atom is 0.0788 e. The molecule has 0 saturated heterocycles. The molecule has 0 aliphatic heterocycles. The molecule has 3 heteroatoms. The van der Waals surface area contributed by atoms with Crippen LogP contribution in [0.5, 0.6) is 0 Å². The van der Waals surface area contributed by atoms with E-state index in [1.165, 1.54) is 77.2 Å². The summed E-state index contributed by atoms with van der Waals surface area (Å²) >= 11 is 0. The Labute approximate surface area is 384 Å². The average Bonchev–Trinajstić information content (AvgIpc) is 4.07. The van der Waals surface area contributed by atoms with Gasteiger partial charge in [-0.25, -0.2) is 0 Å². The number of hydrogen-bond donors (Lipinski definition) is 0. The number of rotatable bonds is 8. The first-order valence-corrected chi connectivity index (χ1v) is 22.8. The van der Waals surface area contributed by atoms with Crippen molar-refractivity contribution in [2.24, 2.45) is 0 Å². The van der Waals surface area contributed by atoms with Crippen molar-refractivity contribution in [2.75, 3.05) is 4.90 Å². The molecule has 0 saturated carbocycles. The first-order valence-electron chi connectivity index (χ1n) is 22.8. The van der Waals surface area contributed by atoms with Crippen LogP contribution < -0.4 is 4.90 Å². The Morgan fingerprint density at radius 2 is 0.909 bits per heavy atom. The maximum atomic E-state index is 2.44. The van der Waals surface area contributed by atoms with Crippen molar-refractivity contribution in [2.45, 2.75) is 5.41 Å². The summed E-state index contributed by atoms with van der Waals surface area (Å²) in [5, 5.41) is 3.72. The Bertz CT molecular complexity index is 3680. The van der Waals surface area contributed by atoms with Crippen molar-refractivity contribution in [1.29, 1.82) is 0 Å². The van der Waals surface area contributed by atoms with E-state index in [-0.39, 0.29) is 0 Å². The molecule has 66 heavy (non-hydrogen) atoms. The van der Waals surface area contributed by atoms with Crippen LogP contribution in [0, 0.1) is 0 Å². The van der Waals surface area contributed by atoms with Crippen molar-refractivity contribution < 1.29 is 0 Å². The molecule has 1 aliphatic carbocycles. The van der Waals surface area contributed by atoms with Crippen LogP contribution in [0.4, 0.5) is 17.1 Å². The van der Waals surface area contributed by atoms with Crippen LogP contribution in [-0.2, 0) is 5.41 Å². The third-order valence-corrected chi connectivity index (χ3v) is 13.8. The van der Waals surface area contributed by atoms with E-state index in [2.05, 4.69) is 275 Å². The van der Waals surface area contributed by atoms with Crippen molar-refractivity contribution >= 4 is 49.8 Å². The van der Waals surface area contributed by atoms with Gasteiger partial charge in [-0.3, -0.25) is 0 Å². The molecule has 2 heterocycles. The van der Waals surface area contributed by atoms with Gasteiger partial charge in [-0.1, -0.05) is 182 Å². The number of nitrogens with zero attached hydrogens (tertiary/aromatic N) is 3. The molecule has 0 bridgehead atoms. The SMILES string of the molecule is c1ccc(N(c2ccc(-c3ccc(-n4ccc5ccc6c7ccccc7n(-c7ccccc7)c6c54)cc3)cc2)c2ccc3c(c2)C(c2ccccc2)(c2ccccc2)c2ccccc2-3)cc1. The highest BCUT2D eigenvalue weighted by molar-refractivity contribution is 6.18. The Hall–Kier alpha value is -8.66. The van der Waals surface area contributed by atoms with Gasteiger partial charge in [0.2, 0.25) is 0 Å². The molecular formula is C63H43N3. The van der Waals surface area contributed by atoms with Crippen molar-refractivity contribution in [1.82, 2.24) is 9.13 Å². The molecular weight excluding hydrogens is 799 g/mol. The van der Waals surface area contributed by atoms with E-state index in [9.17, 15) is 0 Å². The van der Waals surface area contributed by atoms with Gasteiger partial charge < -0.3 is 14.0 Å². The zero-order valence-corrected chi connectivity index (χ0v) is 36.2.